The van der Waals surface area contributed by atoms with Crippen LogP contribution in [0.15, 0.2) is 29.3 Å². The molecule has 0 amide bonds. The van der Waals surface area contributed by atoms with E-state index in [-0.39, 0.29) is 16.0 Å². The molecule has 2 rings (SSSR count). The summed E-state index contributed by atoms with van der Waals surface area (Å²) in [6.45, 7) is 5.44. The number of hydrogen-bond acceptors (Lipinski definition) is 4. The monoisotopic (exact) mass is 311 g/mol. The lowest BCUT2D eigenvalue weighted by atomic mass is 10.1. The third kappa shape index (κ3) is 3.08. The van der Waals surface area contributed by atoms with Gasteiger partial charge in [-0.2, -0.15) is 0 Å². The molecule has 0 aliphatic rings. The van der Waals surface area contributed by atoms with Crippen LogP contribution < -0.4 is 4.72 Å². The Morgan fingerprint density at radius 3 is 2.30 bits per heavy atom. The Kier molecular flexibility index (Phi) is 3.96. The lowest BCUT2D eigenvalue weighted by molar-refractivity contribution is 0.599. The van der Waals surface area contributed by atoms with Gasteiger partial charge >= 0.3 is 0 Å². The summed E-state index contributed by atoms with van der Waals surface area (Å²) >= 11 is 5.72. The van der Waals surface area contributed by atoms with E-state index in [9.17, 15) is 8.42 Å². The smallest absolute Gasteiger partial charge is 0.247 e. The molecule has 106 valence electrons. The van der Waals surface area contributed by atoms with Crippen molar-refractivity contribution in [2.45, 2.75) is 25.7 Å². The minimum absolute atomic E-state index is 0.0446. The predicted octanol–water partition coefficient (Wildman–Crippen LogP) is 2.86. The number of anilines is 1. The van der Waals surface area contributed by atoms with Crippen LogP contribution >= 0.6 is 11.6 Å². The van der Waals surface area contributed by atoms with Gasteiger partial charge in [0.25, 0.3) is 10.0 Å². The Balaban J connectivity index is 2.46. The number of halogens is 1. The molecule has 1 aromatic carbocycles. The highest BCUT2D eigenvalue weighted by molar-refractivity contribution is 7.92. The lowest BCUT2D eigenvalue weighted by Crippen LogP contribution is -2.17. The van der Waals surface area contributed by atoms with Gasteiger partial charge in [0.1, 0.15) is 5.15 Å². The average molecular weight is 312 g/mol. The normalized spacial score (nSPS) is 11.4. The van der Waals surface area contributed by atoms with Crippen LogP contribution in [0.4, 0.5) is 5.95 Å². The fraction of sp³-hybridized carbons (Fsp3) is 0.231. The van der Waals surface area contributed by atoms with Gasteiger partial charge in [-0.3, -0.25) is 0 Å². The molecule has 1 N–H and O–H groups in total. The molecule has 20 heavy (non-hydrogen) atoms. The number of nitrogens with zero attached hydrogens (tertiary/aromatic N) is 2. The molecule has 2 aromatic rings. The molecule has 0 bridgehead atoms. The fourth-order valence-electron chi connectivity index (χ4n) is 2.15. The molecular weight excluding hydrogens is 298 g/mol. The molecule has 0 aliphatic heterocycles. The van der Waals surface area contributed by atoms with Crippen molar-refractivity contribution in [2.24, 2.45) is 0 Å². The quantitative estimate of drug-likeness (QED) is 0.885. The number of nitrogens with one attached hydrogen (secondary N) is 1. The predicted molar refractivity (Wildman–Crippen MR) is 78.5 cm³/mol. The van der Waals surface area contributed by atoms with E-state index in [1.807, 2.05) is 19.1 Å². The van der Waals surface area contributed by atoms with Gasteiger partial charge < -0.3 is 0 Å². The molecule has 0 saturated carbocycles. The van der Waals surface area contributed by atoms with Crippen LogP contribution in [0.5, 0.6) is 0 Å². The van der Waals surface area contributed by atoms with E-state index in [4.69, 9.17) is 11.6 Å². The summed E-state index contributed by atoms with van der Waals surface area (Å²) in [6, 6.07) is 5.11. The summed E-state index contributed by atoms with van der Waals surface area (Å²) < 4.78 is 27.2. The second kappa shape index (κ2) is 5.38. The van der Waals surface area contributed by atoms with Crippen molar-refractivity contribution in [1.29, 1.82) is 0 Å². The molecule has 0 unspecified atom stereocenters. The maximum atomic E-state index is 12.4. The Bertz CT molecular complexity index is 737. The van der Waals surface area contributed by atoms with Crippen molar-refractivity contribution >= 4 is 27.6 Å². The third-order valence-electron chi connectivity index (χ3n) is 2.72. The van der Waals surface area contributed by atoms with Crippen molar-refractivity contribution < 1.29 is 8.42 Å². The molecular formula is C13H14ClN3O2S. The zero-order valence-corrected chi connectivity index (χ0v) is 12.9. The van der Waals surface area contributed by atoms with Gasteiger partial charge in [-0.15, -0.1) is 0 Å². The zero-order valence-electron chi connectivity index (χ0n) is 11.3. The van der Waals surface area contributed by atoms with E-state index < -0.39 is 10.0 Å². The van der Waals surface area contributed by atoms with E-state index in [0.29, 0.717) is 11.1 Å². The molecule has 0 radical (unpaired) electrons. The van der Waals surface area contributed by atoms with Gasteiger partial charge in [-0.05, 0) is 38.0 Å². The highest BCUT2D eigenvalue weighted by Gasteiger charge is 2.21. The molecule has 1 heterocycles. The number of aromatic nitrogens is 2. The molecule has 7 heteroatoms. The lowest BCUT2D eigenvalue weighted by Gasteiger charge is -2.12. The highest BCUT2D eigenvalue weighted by Crippen LogP contribution is 2.23. The van der Waals surface area contributed by atoms with Crippen LogP contribution in [0.25, 0.3) is 0 Å². The SMILES string of the molecule is Cc1cc(C)c(S(=O)(=O)Nc2nccc(Cl)n2)c(C)c1. The first-order valence-corrected chi connectivity index (χ1v) is 7.75. The zero-order chi connectivity index (χ0) is 14.9. The fourth-order valence-corrected chi connectivity index (χ4v) is 3.69. The van der Waals surface area contributed by atoms with Crippen molar-refractivity contribution in [1.82, 2.24) is 9.97 Å². The van der Waals surface area contributed by atoms with Crippen LogP contribution in [-0.2, 0) is 10.0 Å². The first-order valence-electron chi connectivity index (χ1n) is 5.89. The summed E-state index contributed by atoms with van der Waals surface area (Å²) in [5, 5.41) is 0.176. The third-order valence-corrected chi connectivity index (χ3v) is 4.56. The van der Waals surface area contributed by atoms with Gasteiger partial charge in [0.05, 0.1) is 4.90 Å². The number of sulfonamides is 1. The van der Waals surface area contributed by atoms with E-state index >= 15 is 0 Å². The first-order chi connectivity index (χ1) is 9.29. The van der Waals surface area contributed by atoms with Gasteiger partial charge in [0.15, 0.2) is 0 Å². The molecule has 0 spiro atoms. The van der Waals surface area contributed by atoms with Crippen LogP contribution in [0, 0.1) is 20.8 Å². The van der Waals surface area contributed by atoms with Crippen molar-refractivity contribution in [3.8, 4) is 0 Å². The van der Waals surface area contributed by atoms with Crippen LogP contribution in [0.3, 0.4) is 0 Å². The number of benzene rings is 1. The highest BCUT2D eigenvalue weighted by atomic mass is 35.5. The molecule has 1 aromatic heterocycles. The van der Waals surface area contributed by atoms with Crippen molar-refractivity contribution in [2.75, 3.05) is 4.72 Å². The standard InChI is InChI=1S/C13H14ClN3O2S/c1-8-6-9(2)12(10(3)7-8)20(18,19)17-13-15-5-4-11(14)16-13/h4-7H,1-3H3,(H,15,16,17). The second-order valence-corrected chi connectivity index (χ2v) is 6.54. The summed E-state index contributed by atoms with van der Waals surface area (Å²) in [7, 11) is -3.74. The maximum absolute atomic E-state index is 12.4. The van der Waals surface area contributed by atoms with Gasteiger partial charge in [0, 0.05) is 6.20 Å². The molecule has 0 fully saturated rings. The Morgan fingerprint density at radius 2 is 1.75 bits per heavy atom. The Morgan fingerprint density at radius 1 is 1.15 bits per heavy atom. The van der Waals surface area contributed by atoms with E-state index in [1.54, 1.807) is 13.8 Å². The first kappa shape index (κ1) is 14.7. The van der Waals surface area contributed by atoms with E-state index in [1.165, 1.54) is 12.3 Å². The van der Waals surface area contributed by atoms with Gasteiger partial charge in [-0.25, -0.2) is 23.1 Å². The minimum Gasteiger partial charge on any atom is -0.247 e. The number of aryl methyl sites for hydroxylation is 3. The summed E-state index contributed by atoms with van der Waals surface area (Å²) in [5.74, 6) is -0.0446. The average Bonchev–Trinajstić information content (AvgIpc) is 2.25. The van der Waals surface area contributed by atoms with Gasteiger partial charge in [-0.1, -0.05) is 29.3 Å². The van der Waals surface area contributed by atoms with Crippen molar-refractivity contribution in [3.05, 3.63) is 46.2 Å². The van der Waals surface area contributed by atoms with Crippen LogP contribution in [-0.4, -0.2) is 18.4 Å². The van der Waals surface area contributed by atoms with E-state index in [2.05, 4.69) is 14.7 Å². The maximum Gasteiger partial charge on any atom is 0.264 e. The van der Waals surface area contributed by atoms with Gasteiger partial charge in [0.2, 0.25) is 5.95 Å². The van der Waals surface area contributed by atoms with Crippen molar-refractivity contribution in [3.63, 3.8) is 0 Å². The minimum atomic E-state index is -3.74. The van der Waals surface area contributed by atoms with Crippen LogP contribution in [0.2, 0.25) is 5.15 Å². The second-order valence-electron chi connectivity index (χ2n) is 4.54. The molecule has 0 aliphatic carbocycles. The molecule has 0 saturated heterocycles. The Labute approximate surface area is 123 Å². The number of hydrogen-bond donors (Lipinski definition) is 1. The summed E-state index contributed by atoms with van der Waals surface area (Å²) in [5.41, 5.74) is 2.37. The van der Waals surface area contributed by atoms with E-state index in [0.717, 1.165) is 5.56 Å². The number of rotatable bonds is 3. The Hall–Kier alpha value is -1.66. The summed E-state index contributed by atoms with van der Waals surface area (Å²) in [6.07, 6.45) is 1.39. The summed E-state index contributed by atoms with van der Waals surface area (Å²) in [4.78, 5) is 7.91. The molecule has 0 atom stereocenters. The largest absolute Gasteiger partial charge is 0.264 e. The topological polar surface area (TPSA) is 72.0 Å². The molecule has 5 nitrogen and oxygen atoms in total. The van der Waals surface area contributed by atoms with Crippen LogP contribution in [0.1, 0.15) is 16.7 Å².